The normalized spacial score (nSPS) is 17.9. The Hall–Kier alpha value is -2.34. The van der Waals surface area contributed by atoms with E-state index >= 15 is 0 Å². The minimum Gasteiger partial charge on any atom is -0.457 e. The van der Waals surface area contributed by atoms with Gasteiger partial charge >= 0.3 is 0 Å². The van der Waals surface area contributed by atoms with Crippen molar-refractivity contribution in [2.24, 2.45) is 0 Å². The molecule has 1 N–H and O–H groups in total. The van der Waals surface area contributed by atoms with Crippen LogP contribution in [0.25, 0.3) is 10.2 Å². The van der Waals surface area contributed by atoms with Crippen molar-refractivity contribution in [3.05, 3.63) is 36.5 Å². The molecular formula is C22H26N4OS. The van der Waals surface area contributed by atoms with Gasteiger partial charge in [-0.2, -0.15) is 0 Å². The molecule has 0 radical (unpaired) electrons. The number of anilines is 2. The number of nitrogens with zero attached hydrogens (tertiary/aromatic N) is 3. The number of hydrogen-bond acceptors (Lipinski definition) is 6. The fourth-order valence-corrected chi connectivity index (χ4v) is 5.14. The maximum Gasteiger partial charge on any atom is 0.184 e. The lowest BCUT2D eigenvalue weighted by molar-refractivity contribution is 0.462. The van der Waals surface area contributed by atoms with Crippen LogP contribution in [0.3, 0.4) is 0 Å². The van der Waals surface area contributed by atoms with Crippen molar-refractivity contribution < 1.29 is 4.74 Å². The minimum absolute atomic E-state index is 0.575. The van der Waals surface area contributed by atoms with Gasteiger partial charge in [-0.3, -0.25) is 0 Å². The lowest BCUT2D eigenvalue weighted by Crippen LogP contribution is -2.21. The molecule has 1 aliphatic carbocycles. The van der Waals surface area contributed by atoms with Crippen LogP contribution in [-0.2, 0) is 0 Å². The summed E-state index contributed by atoms with van der Waals surface area (Å²) in [5.74, 6) is 2.69. The van der Waals surface area contributed by atoms with Gasteiger partial charge < -0.3 is 15.0 Å². The predicted molar refractivity (Wildman–Crippen MR) is 116 cm³/mol. The van der Waals surface area contributed by atoms with Gasteiger partial charge in [0.1, 0.15) is 17.3 Å². The molecular weight excluding hydrogens is 368 g/mol. The van der Waals surface area contributed by atoms with E-state index in [1.54, 1.807) is 11.3 Å². The maximum absolute atomic E-state index is 6.14. The van der Waals surface area contributed by atoms with Gasteiger partial charge in [0.2, 0.25) is 0 Å². The fourth-order valence-electron chi connectivity index (χ4n) is 4.17. The zero-order valence-electron chi connectivity index (χ0n) is 16.1. The second kappa shape index (κ2) is 7.95. The van der Waals surface area contributed by atoms with Gasteiger partial charge in [-0.05, 0) is 43.9 Å². The Balaban J connectivity index is 1.31. The van der Waals surface area contributed by atoms with Gasteiger partial charge in [0.25, 0.3) is 0 Å². The van der Waals surface area contributed by atoms with Gasteiger partial charge in [0.05, 0.1) is 10.2 Å². The third-order valence-electron chi connectivity index (χ3n) is 5.68. The molecule has 3 aromatic rings. The summed E-state index contributed by atoms with van der Waals surface area (Å²) in [7, 11) is 0. The van der Waals surface area contributed by atoms with Crippen LogP contribution in [0.2, 0.25) is 0 Å². The number of hydrogen-bond donors (Lipinski definition) is 1. The molecule has 5 nitrogen and oxygen atoms in total. The number of fused-ring (bicyclic) bond motifs is 1. The predicted octanol–water partition coefficient (Wildman–Crippen LogP) is 5.83. The van der Waals surface area contributed by atoms with Gasteiger partial charge in [-0.1, -0.05) is 30.6 Å². The molecule has 28 heavy (non-hydrogen) atoms. The number of rotatable bonds is 5. The van der Waals surface area contributed by atoms with E-state index in [0.29, 0.717) is 6.04 Å². The van der Waals surface area contributed by atoms with Gasteiger partial charge in [0.15, 0.2) is 5.13 Å². The number of pyridine rings is 1. The van der Waals surface area contributed by atoms with Crippen LogP contribution in [0, 0.1) is 0 Å². The zero-order valence-corrected chi connectivity index (χ0v) is 16.9. The van der Waals surface area contributed by atoms with Crippen molar-refractivity contribution in [1.82, 2.24) is 9.97 Å². The molecule has 2 aromatic heterocycles. The van der Waals surface area contributed by atoms with E-state index in [2.05, 4.69) is 27.3 Å². The van der Waals surface area contributed by atoms with E-state index in [4.69, 9.17) is 9.72 Å². The minimum atomic E-state index is 0.575. The quantitative estimate of drug-likeness (QED) is 0.590. The highest BCUT2D eigenvalue weighted by molar-refractivity contribution is 7.22. The first-order chi connectivity index (χ1) is 13.8. The molecule has 6 heteroatoms. The molecule has 146 valence electrons. The number of aromatic nitrogens is 2. The van der Waals surface area contributed by atoms with Crippen molar-refractivity contribution >= 4 is 32.5 Å². The van der Waals surface area contributed by atoms with E-state index in [1.807, 2.05) is 24.4 Å². The Morgan fingerprint density at radius 1 is 0.964 bits per heavy atom. The lowest BCUT2D eigenvalue weighted by atomic mass is 9.96. The topological polar surface area (TPSA) is 50.3 Å². The van der Waals surface area contributed by atoms with Crippen molar-refractivity contribution in [3.8, 4) is 11.5 Å². The molecule has 2 aliphatic rings. The standard InChI is InChI=1S/C22H26N4OS/c1-2-6-16(7-3-1)24-22-25-19-9-8-17(14-20(19)28-22)27-18-10-11-23-21(15-18)26-12-4-5-13-26/h8-11,14-16H,1-7,12-13H2,(H,24,25). The third-order valence-corrected chi connectivity index (χ3v) is 6.62. The van der Waals surface area contributed by atoms with Crippen molar-refractivity contribution in [2.45, 2.75) is 51.0 Å². The second-order valence-corrected chi connectivity index (χ2v) is 8.80. The van der Waals surface area contributed by atoms with Gasteiger partial charge in [-0.25, -0.2) is 9.97 Å². The van der Waals surface area contributed by atoms with Crippen LogP contribution < -0.4 is 15.0 Å². The van der Waals surface area contributed by atoms with E-state index in [0.717, 1.165) is 45.8 Å². The molecule has 0 amide bonds. The molecule has 0 bridgehead atoms. The Kier molecular flexibility index (Phi) is 5.04. The Morgan fingerprint density at radius 2 is 1.79 bits per heavy atom. The molecule has 0 unspecified atom stereocenters. The number of thiazole rings is 1. The van der Waals surface area contributed by atoms with Crippen LogP contribution in [0.15, 0.2) is 36.5 Å². The van der Waals surface area contributed by atoms with Crippen LogP contribution in [0.4, 0.5) is 10.9 Å². The summed E-state index contributed by atoms with van der Waals surface area (Å²) < 4.78 is 7.29. The van der Waals surface area contributed by atoms with Crippen LogP contribution >= 0.6 is 11.3 Å². The highest BCUT2D eigenvalue weighted by atomic mass is 32.1. The first-order valence-electron chi connectivity index (χ1n) is 10.4. The summed E-state index contributed by atoms with van der Waals surface area (Å²) in [5.41, 5.74) is 1.03. The molecule has 2 fully saturated rings. The number of nitrogens with one attached hydrogen (secondary N) is 1. The Bertz CT molecular complexity index is 945. The zero-order chi connectivity index (χ0) is 18.8. The van der Waals surface area contributed by atoms with Crippen molar-refractivity contribution in [1.29, 1.82) is 0 Å². The van der Waals surface area contributed by atoms with Crippen LogP contribution in [0.1, 0.15) is 44.9 Å². The lowest BCUT2D eigenvalue weighted by Gasteiger charge is -2.22. The summed E-state index contributed by atoms with van der Waals surface area (Å²) in [6, 6.07) is 10.7. The van der Waals surface area contributed by atoms with Crippen molar-refractivity contribution in [2.75, 3.05) is 23.3 Å². The number of ether oxygens (including phenoxy) is 1. The number of benzene rings is 1. The largest absolute Gasteiger partial charge is 0.457 e. The fraction of sp³-hybridized carbons (Fsp3) is 0.455. The third kappa shape index (κ3) is 3.92. The van der Waals surface area contributed by atoms with E-state index in [-0.39, 0.29) is 0 Å². The van der Waals surface area contributed by atoms with Crippen LogP contribution in [0.5, 0.6) is 11.5 Å². The maximum atomic E-state index is 6.14. The molecule has 1 saturated carbocycles. The molecule has 0 atom stereocenters. The Labute approximate surface area is 169 Å². The molecule has 3 heterocycles. The average Bonchev–Trinajstić information content (AvgIpc) is 3.38. The first-order valence-corrected chi connectivity index (χ1v) is 11.2. The summed E-state index contributed by atoms with van der Waals surface area (Å²) in [4.78, 5) is 11.6. The summed E-state index contributed by atoms with van der Waals surface area (Å²) in [5, 5.41) is 4.66. The smallest absolute Gasteiger partial charge is 0.184 e. The molecule has 1 saturated heterocycles. The monoisotopic (exact) mass is 394 g/mol. The van der Waals surface area contributed by atoms with Gasteiger partial charge in [-0.15, -0.1) is 0 Å². The summed E-state index contributed by atoms with van der Waals surface area (Å²) in [6.45, 7) is 2.17. The van der Waals surface area contributed by atoms with E-state index in [9.17, 15) is 0 Å². The van der Waals surface area contributed by atoms with Crippen LogP contribution in [-0.4, -0.2) is 29.1 Å². The first kappa shape index (κ1) is 17.7. The van der Waals surface area contributed by atoms with E-state index in [1.165, 1.54) is 44.9 Å². The molecule has 0 spiro atoms. The molecule has 1 aliphatic heterocycles. The van der Waals surface area contributed by atoms with Crippen molar-refractivity contribution in [3.63, 3.8) is 0 Å². The molecule has 1 aromatic carbocycles. The van der Waals surface area contributed by atoms with E-state index < -0.39 is 0 Å². The molecule has 5 rings (SSSR count). The SMILES string of the molecule is c1cc(Oc2ccc3nc(NC4CCCCC4)sc3c2)cc(N2CCCC2)n1. The van der Waals surface area contributed by atoms with Gasteiger partial charge in [0, 0.05) is 37.5 Å². The Morgan fingerprint density at radius 3 is 2.64 bits per heavy atom. The average molecular weight is 395 g/mol. The summed E-state index contributed by atoms with van der Waals surface area (Å²) >= 11 is 1.72. The highest BCUT2D eigenvalue weighted by Crippen LogP contribution is 2.33. The highest BCUT2D eigenvalue weighted by Gasteiger charge is 2.16. The second-order valence-electron chi connectivity index (χ2n) is 7.77. The summed E-state index contributed by atoms with van der Waals surface area (Å²) in [6.07, 6.45) is 10.8.